The number of pyridine rings is 1. The molecule has 0 saturated heterocycles. The Kier molecular flexibility index (Phi) is 2.85. The molecule has 1 aliphatic heterocycles. The molecule has 104 valence electrons. The molecule has 4 rings (SSSR count). The predicted octanol–water partition coefficient (Wildman–Crippen LogP) is 3.58. The number of hydrogen-bond donors (Lipinski definition) is 1. The van der Waals surface area contributed by atoms with Crippen molar-refractivity contribution in [2.24, 2.45) is 0 Å². The van der Waals surface area contributed by atoms with E-state index in [1.54, 1.807) is 6.20 Å². The highest BCUT2D eigenvalue weighted by Crippen LogP contribution is 2.37. The number of nitrogens with zero attached hydrogens (tertiary/aromatic N) is 1. The van der Waals surface area contributed by atoms with Crippen LogP contribution < -0.4 is 14.8 Å². The van der Waals surface area contributed by atoms with Crippen LogP contribution in [0.1, 0.15) is 5.56 Å². The molecule has 0 atom stereocenters. The van der Waals surface area contributed by atoms with E-state index in [4.69, 9.17) is 9.47 Å². The van der Waals surface area contributed by atoms with Crippen molar-refractivity contribution in [3.05, 3.63) is 60.3 Å². The molecule has 3 aromatic rings. The maximum atomic E-state index is 5.45. The molecule has 0 unspecified atom stereocenters. The number of benzene rings is 2. The summed E-state index contributed by atoms with van der Waals surface area (Å²) in [5.74, 6) is 2.43. The van der Waals surface area contributed by atoms with Gasteiger partial charge >= 0.3 is 0 Å². The Hall–Kier alpha value is -2.75. The Balaban J connectivity index is 1.68. The van der Waals surface area contributed by atoms with E-state index in [1.807, 2.05) is 36.4 Å². The minimum atomic E-state index is 0.284. The van der Waals surface area contributed by atoms with Gasteiger partial charge in [-0.15, -0.1) is 0 Å². The SMILES string of the molecule is c1ccc(CNc2nccc3cc4c(cc23)OCO4)cc1. The van der Waals surface area contributed by atoms with Crippen molar-refractivity contribution in [1.29, 1.82) is 0 Å². The molecule has 1 aliphatic rings. The maximum Gasteiger partial charge on any atom is 0.231 e. The molecule has 2 aromatic carbocycles. The smallest absolute Gasteiger partial charge is 0.231 e. The summed E-state index contributed by atoms with van der Waals surface area (Å²) < 4.78 is 10.9. The molecule has 0 spiro atoms. The molecular formula is C17H14N2O2. The Morgan fingerprint density at radius 3 is 2.67 bits per heavy atom. The second-order valence-corrected chi connectivity index (χ2v) is 4.93. The summed E-state index contributed by atoms with van der Waals surface area (Å²) in [7, 11) is 0. The van der Waals surface area contributed by atoms with E-state index in [2.05, 4.69) is 22.4 Å². The summed E-state index contributed by atoms with van der Waals surface area (Å²) in [6.07, 6.45) is 1.80. The van der Waals surface area contributed by atoms with Crippen molar-refractivity contribution in [3.8, 4) is 11.5 Å². The molecule has 4 heteroatoms. The molecular weight excluding hydrogens is 264 g/mol. The van der Waals surface area contributed by atoms with Crippen LogP contribution in [0.3, 0.4) is 0 Å². The van der Waals surface area contributed by atoms with Gasteiger partial charge in [0.2, 0.25) is 6.79 Å². The third-order valence-electron chi connectivity index (χ3n) is 3.56. The fourth-order valence-corrected chi connectivity index (χ4v) is 2.48. The second-order valence-electron chi connectivity index (χ2n) is 4.93. The molecule has 1 aromatic heterocycles. The van der Waals surface area contributed by atoms with E-state index < -0.39 is 0 Å². The van der Waals surface area contributed by atoms with E-state index >= 15 is 0 Å². The number of hydrogen-bond acceptors (Lipinski definition) is 4. The monoisotopic (exact) mass is 278 g/mol. The van der Waals surface area contributed by atoms with Crippen molar-refractivity contribution < 1.29 is 9.47 Å². The number of aromatic nitrogens is 1. The van der Waals surface area contributed by atoms with Crippen LogP contribution >= 0.6 is 0 Å². The van der Waals surface area contributed by atoms with Crippen LogP contribution in [0, 0.1) is 0 Å². The lowest BCUT2D eigenvalue weighted by molar-refractivity contribution is 0.174. The Morgan fingerprint density at radius 1 is 1.00 bits per heavy atom. The maximum absolute atomic E-state index is 5.45. The second kappa shape index (κ2) is 4.98. The van der Waals surface area contributed by atoms with Crippen LogP contribution in [-0.2, 0) is 6.54 Å². The van der Waals surface area contributed by atoms with Gasteiger partial charge < -0.3 is 14.8 Å². The van der Waals surface area contributed by atoms with Crippen LogP contribution in [0.15, 0.2) is 54.7 Å². The Bertz CT molecular complexity index is 787. The van der Waals surface area contributed by atoms with Gasteiger partial charge in [-0.1, -0.05) is 30.3 Å². The Labute approximate surface area is 122 Å². The van der Waals surface area contributed by atoms with Crippen LogP contribution in [-0.4, -0.2) is 11.8 Å². The zero-order valence-corrected chi connectivity index (χ0v) is 11.4. The van der Waals surface area contributed by atoms with Gasteiger partial charge in [-0.05, 0) is 29.1 Å². The molecule has 2 heterocycles. The van der Waals surface area contributed by atoms with Gasteiger partial charge in [0.25, 0.3) is 0 Å². The first-order valence-electron chi connectivity index (χ1n) is 6.86. The molecule has 0 aliphatic carbocycles. The van der Waals surface area contributed by atoms with Crippen LogP contribution in [0.4, 0.5) is 5.82 Å². The van der Waals surface area contributed by atoms with E-state index in [0.29, 0.717) is 0 Å². The van der Waals surface area contributed by atoms with Crippen molar-refractivity contribution >= 4 is 16.6 Å². The van der Waals surface area contributed by atoms with Gasteiger partial charge in [0, 0.05) is 18.1 Å². The summed E-state index contributed by atoms with van der Waals surface area (Å²) in [5.41, 5.74) is 1.22. The summed E-state index contributed by atoms with van der Waals surface area (Å²) in [5, 5.41) is 5.51. The van der Waals surface area contributed by atoms with Gasteiger partial charge in [0.05, 0.1) is 0 Å². The molecule has 0 saturated carbocycles. The summed E-state index contributed by atoms with van der Waals surface area (Å²) in [6, 6.07) is 16.2. The van der Waals surface area contributed by atoms with Gasteiger partial charge in [-0.2, -0.15) is 0 Å². The van der Waals surface area contributed by atoms with Crippen molar-refractivity contribution in [3.63, 3.8) is 0 Å². The third-order valence-corrected chi connectivity index (χ3v) is 3.56. The number of anilines is 1. The highest BCUT2D eigenvalue weighted by Gasteiger charge is 2.15. The highest BCUT2D eigenvalue weighted by molar-refractivity contribution is 5.94. The topological polar surface area (TPSA) is 43.4 Å². The minimum absolute atomic E-state index is 0.284. The minimum Gasteiger partial charge on any atom is -0.454 e. The molecule has 0 bridgehead atoms. The first kappa shape index (κ1) is 12.0. The van der Waals surface area contributed by atoms with E-state index in [9.17, 15) is 0 Å². The molecule has 0 amide bonds. The first-order chi connectivity index (χ1) is 10.4. The fourth-order valence-electron chi connectivity index (χ4n) is 2.48. The molecule has 4 nitrogen and oxygen atoms in total. The first-order valence-corrected chi connectivity index (χ1v) is 6.86. The lowest BCUT2D eigenvalue weighted by atomic mass is 10.1. The van der Waals surface area contributed by atoms with Crippen molar-refractivity contribution in [1.82, 2.24) is 4.98 Å². The van der Waals surface area contributed by atoms with Crippen molar-refractivity contribution in [2.75, 3.05) is 12.1 Å². The normalized spacial score (nSPS) is 12.6. The lowest BCUT2D eigenvalue weighted by Gasteiger charge is -2.09. The van der Waals surface area contributed by atoms with Crippen molar-refractivity contribution in [2.45, 2.75) is 6.54 Å². The molecule has 21 heavy (non-hydrogen) atoms. The van der Waals surface area contributed by atoms with Gasteiger partial charge in [-0.25, -0.2) is 4.98 Å². The standard InChI is InChI=1S/C17H14N2O2/c1-2-4-12(5-3-1)10-19-17-14-9-16-15(20-11-21-16)8-13(14)6-7-18-17/h1-9H,10-11H2,(H,18,19). The van der Waals surface area contributed by atoms with Gasteiger partial charge in [-0.3, -0.25) is 0 Å². The van der Waals surface area contributed by atoms with Gasteiger partial charge in [0.1, 0.15) is 5.82 Å². The zero-order valence-electron chi connectivity index (χ0n) is 11.4. The van der Waals surface area contributed by atoms with E-state index in [1.165, 1.54) is 5.56 Å². The summed E-state index contributed by atoms with van der Waals surface area (Å²) in [6.45, 7) is 1.02. The number of ether oxygens (including phenoxy) is 2. The average molecular weight is 278 g/mol. The van der Waals surface area contributed by atoms with Crippen LogP contribution in [0.25, 0.3) is 10.8 Å². The number of rotatable bonds is 3. The number of nitrogens with one attached hydrogen (secondary N) is 1. The third kappa shape index (κ3) is 2.25. The predicted molar refractivity (Wildman–Crippen MR) is 81.6 cm³/mol. The molecule has 0 radical (unpaired) electrons. The quantitative estimate of drug-likeness (QED) is 0.795. The average Bonchev–Trinajstić information content (AvgIpc) is 2.99. The lowest BCUT2D eigenvalue weighted by Crippen LogP contribution is -2.01. The highest BCUT2D eigenvalue weighted by atomic mass is 16.7. The summed E-state index contributed by atoms with van der Waals surface area (Å²) in [4.78, 5) is 4.44. The molecule has 1 N–H and O–H groups in total. The van der Waals surface area contributed by atoms with E-state index in [-0.39, 0.29) is 6.79 Å². The number of fused-ring (bicyclic) bond motifs is 2. The van der Waals surface area contributed by atoms with E-state index in [0.717, 1.165) is 34.6 Å². The van der Waals surface area contributed by atoms with Crippen LogP contribution in [0.5, 0.6) is 11.5 Å². The largest absolute Gasteiger partial charge is 0.454 e. The fraction of sp³-hybridized carbons (Fsp3) is 0.118. The summed E-state index contributed by atoms with van der Waals surface area (Å²) >= 11 is 0. The Morgan fingerprint density at radius 2 is 1.81 bits per heavy atom. The zero-order chi connectivity index (χ0) is 14.1. The van der Waals surface area contributed by atoms with Gasteiger partial charge in [0.15, 0.2) is 11.5 Å². The van der Waals surface area contributed by atoms with Crippen LogP contribution in [0.2, 0.25) is 0 Å². The molecule has 0 fully saturated rings.